The number of carbonyl (C=O) groups excluding carboxylic acids is 1. The van der Waals surface area contributed by atoms with E-state index < -0.39 is 10.8 Å². The maximum atomic E-state index is 12.2. The monoisotopic (exact) mass is 341 g/mol. The minimum atomic E-state index is -1.13. The standard InChI is InChI=1S/C17H15N3O3S/c21-17(18-9-10-24(22)15-7-2-1-3-8-15)14-6-4-5-13(11-14)16-19-12-23-20-16/h1-8,11-12H,9-10H2,(H,18,21)/t24-/m0/s1. The zero-order chi connectivity index (χ0) is 16.8. The van der Waals surface area contributed by atoms with Crippen molar-refractivity contribution in [2.24, 2.45) is 0 Å². The number of hydrogen-bond donors (Lipinski definition) is 1. The lowest BCUT2D eigenvalue weighted by Gasteiger charge is -2.06. The van der Waals surface area contributed by atoms with Crippen molar-refractivity contribution in [2.75, 3.05) is 12.3 Å². The Kier molecular flexibility index (Phi) is 5.12. The van der Waals surface area contributed by atoms with E-state index in [2.05, 4.69) is 15.5 Å². The molecule has 122 valence electrons. The maximum absolute atomic E-state index is 12.2. The van der Waals surface area contributed by atoms with Gasteiger partial charge in [0, 0.05) is 28.3 Å². The fourth-order valence-corrected chi connectivity index (χ4v) is 3.13. The number of benzene rings is 2. The summed E-state index contributed by atoms with van der Waals surface area (Å²) in [5.41, 5.74) is 1.19. The Morgan fingerprint density at radius 2 is 1.96 bits per heavy atom. The van der Waals surface area contributed by atoms with Crippen molar-refractivity contribution < 1.29 is 13.5 Å². The Morgan fingerprint density at radius 3 is 2.71 bits per heavy atom. The van der Waals surface area contributed by atoms with Gasteiger partial charge in [-0.1, -0.05) is 35.5 Å². The van der Waals surface area contributed by atoms with Crippen LogP contribution in [0.25, 0.3) is 11.4 Å². The topological polar surface area (TPSA) is 85.1 Å². The first kappa shape index (κ1) is 16.1. The van der Waals surface area contributed by atoms with Gasteiger partial charge in [-0.2, -0.15) is 4.98 Å². The molecule has 0 aliphatic rings. The first-order valence-corrected chi connectivity index (χ1v) is 8.64. The zero-order valence-corrected chi connectivity index (χ0v) is 13.5. The van der Waals surface area contributed by atoms with Crippen LogP contribution in [-0.2, 0) is 10.8 Å². The quantitative estimate of drug-likeness (QED) is 0.743. The van der Waals surface area contributed by atoms with Gasteiger partial charge in [0.25, 0.3) is 5.91 Å². The van der Waals surface area contributed by atoms with Crippen LogP contribution in [0.2, 0.25) is 0 Å². The van der Waals surface area contributed by atoms with E-state index in [1.54, 1.807) is 24.3 Å². The molecule has 1 N–H and O–H groups in total. The van der Waals surface area contributed by atoms with Gasteiger partial charge >= 0.3 is 0 Å². The van der Waals surface area contributed by atoms with E-state index in [1.165, 1.54) is 6.39 Å². The molecule has 1 amide bonds. The van der Waals surface area contributed by atoms with Crippen LogP contribution in [0.3, 0.4) is 0 Å². The zero-order valence-electron chi connectivity index (χ0n) is 12.7. The van der Waals surface area contributed by atoms with Crippen LogP contribution < -0.4 is 5.32 Å². The third kappa shape index (κ3) is 3.94. The third-order valence-corrected chi connectivity index (χ3v) is 4.70. The smallest absolute Gasteiger partial charge is 0.251 e. The van der Waals surface area contributed by atoms with Crippen LogP contribution >= 0.6 is 0 Å². The first-order valence-electron chi connectivity index (χ1n) is 7.32. The van der Waals surface area contributed by atoms with Gasteiger partial charge < -0.3 is 9.84 Å². The molecule has 0 spiro atoms. The van der Waals surface area contributed by atoms with Gasteiger partial charge in [-0.15, -0.1) is 0 Å². The summed E-state index contributed by atoms with van der Waals surface area (Å²) in [5.74, 6) is 0.556. The van der Waals surface area contributed by atoms with E-state index in [1.807, 2.05) is 30.3 Å². The van der Waals surface area contributed by atoms with Gasteiger partial charge in [0.1, 0.15) is 0 Å². The highest BCUT2D eigenvalue weighted by Crippen LogP contribution is 2.15. The molecule has 1 aromatic heterocycles. The summed E-state index contributed by atoms with van der Waals surface area (Å²) in [7, 11) is -1.13. The van der Waals surface area contributed by atoms with Crippen LogP contribution in [0.4, 0.5) is 0 Å². The van der Waals surface area contributed by atoms with Crippen molar-refractivity contribution in [2.45, 2.75) is 4.90 Å². The molecule has 1 atom stereocenters. The second-order valence-electron chi connectivity index (χ2n) is 4.95. The lowest BCUT2D eigenvalue weighted by Crippen LogP contribution is -2.27. The summed E-state index contributed by atoms with van der Waals surface area (Å²) in [4.78, 5) is 16.9. The van der Waals surface area contributed by atoms with Gasteiger partial charge in [-0.05, 0) is 24.3 Å². The van der Waals surface area contributed by atoms with Gasteiger partial charge in [0.15, 0.2) is 0 Å². The average Bonchev–Trinajstić information content (AvgIpc) is 3.17. The van der Waals surface area contributed by atoms with E-state index in [0.717, 1.165) is 4.90 Å². The molecule has 2 aromatic carbocycles. The molecule has 0 bridgehead atoms. The van der Waals surface area contributed by atoms with Crippen LogP contribution in [0.1, 0.15) is 10.4 Å². The van der Waals surface area contributed by atoms with Crippen molar-refractivity contribution in [3.8, 4) is 11.4 Å². The number of aromatic nitrogens is 2. The third-order valence-electron chi connectivity index (χ3n) is 3.32. The Bertz CT molecular complexity index is 835. The molecule has 3 rings (SSSR count). The second-order valence-corrected chi connectivity index (χ2v) is 6.52. The van der Waals surface area contributed by atoms with Crippen LogP contribution in [0.5, 0.6) is 0 Å². The van der Waals surface area contributed by atoms with E-state index >= 15 is 0 Å². The average molecular weight is 341 g/mol. The number of hydrogen-bond acceptors (Lipinski definition) is 5. The SMILES string of the molecule is O=C(NCC[S@](=O)c1ccccc1)c1cccc(-c2ncon2)c1. The van der Waals surface area contributed by atoms with E-state index in [9.17, 15) is 9.00 Å². The Morgan fingerprint density at radius 1 is 1.12 bits per heavy atom. The van der Waals surface area contributed by atoms with Gasteiger partial charge in [-0.25, -0.2) is 0 Å². The summed E-state index contributed by atoms with van der Waals surface area (Å²) < 4.78 is 16.8. The van der Waals surface area contributed by atoms with Crippen molar-refractivity contribution in [1.29, 1.82) is 0 Å². The normalized spacial score (nSPS) is 11.8. The molecule has 0 fully saturated rings. The number of amides is 1. The van der Waals surface area contributed by atoms with E-state index in [4.69, 9.17) is 4.52 Å². The van der Waals surface area contributed by atoms with Gasteiger partial charge in [-0.3, -0.25) is 9.00 Å². The lowest BCUT2D eigenvalue weighted by atomic mass is 10.1. The van der Waals surface area contributed by atoms with E-state index in [0.29, 0.717) is 29.2 Å². The predicted molar refractivity (Wildman–Crippen MR) is 89.8 cm³/mol. The molecule has 24 heavy (non-hydrogen) atoms. The maximum Gasteiger partial charge on any atom is 0.251 e. The number of nitrogens with one attached hydrogen (secondary N) is 1. The molecule has 0 unspecified atom stereocenters. The van der Waals surface area contributed by atoms with Crippen molar-refractivity contribution in [1.82, 2.24) is 15.5 Å². The largest absolute Gasteiger partial charge is 0.351 e. The van der Waals surface area contributed by atoms with Crippen LogP contribution in [0, 0.1) is 0 Å². The lowest BCUT2D eigenvalue weighted by molar-refractivity contribution is 0.0956. The molecule has 3 aromatic rings. The molecule has 0 aliphatic carbocycles. The summed E-state index contributed by atoms with van der Waals surface area (Å²) in [6.45, 7) is 0.326. The Labute approximate surface area is 141 Å². The highest BCUT2D eigenvalue weighted by Gasteiger charge is 2.10. The van der Waals surface area contributed by atoms with Gasteiger partial charge in [0.05, 0.1) is 10.8 Å². The highest BCUT2D eigenvalue weighted by atomic mass is 32.2. The van der Waals surface area contributed by atoms with Crippen molar-refractivity contribution >= 4 is 16.7 Å². The molecule has 0 aliphatic heterocycles. The number of nitrogens with zero attached hydrogens (tertiary/aromatic N) is 2. The van der Waals surface area contributed by atoms with Crippen molar-refractivity contribution in [3.05, 3.63) is 66.6 Å². The first-order chi connectivity index (χ1) is 11.7. The summed E-state index contributed by atoms with van der Waals surface area (Å²) >= 11 is 0. The molecular formula is C17H15N3O3S. The molecule has 0 saturated heterocycles. The molecule has 0 radical (unpaired) electrons. The van der Waals surface area contributed by atoms with E-state index in [-0.39, 0.29) is 5.91 Å². The fraction of sp³-hybridized carbons (Fsp3) is 0.118. The molecule has 6 nitrogen and oxygen atoms in total. The van der Waals surface area contributed by atoms with Gasteiger partial charge in [0.2, 0.25) is 12.2 Å². The molecular weight excluding hydrogens is 326 g/mol. The molecule has 7 heteroatoms. The fourth-order valence-electron chi connectivity index (χ4n) is 2.15. The molecule has 0 saturated carbocycles. The minimum absolute atomic E-state index is 0.231. The minimum Gasteiger partial charge on any atom is -0.351 e. The number of carbonyl (C=O) groups is 1. The summed E-state index contributed by atoms with van der Waals surface area (Å²) in [6, 6.07) is 16.1. The number of rotatable bonds is 6. The molecule has 1 heterocycles. The van der Waals surface area contributed by atoms with Crippen LogP contribution in [-0.4, -0.2) is 32.6 Å². The Hall–Kier alpha value is -2.80. The van der Waals surface area contributed by atoms with Crippen LogP contribution in [0.15, 0.2) is 70.4 Å². The van der Waals surface area contributed by atoms with Crippen molar-refractivity contribution in [3.63, 3.8) is 0 Å². The second kappa shape index (κ2) is 7.65. The summed E-state index contributed by atoms with van der Waals surface area (Å²) in [5, 5.41) is 6.52. The summed E-state index contributed by atoms with van der Waals surface area (Å²) in [6.07, 6.45) is 1.24. The predicted octanol–water partition coefficient (Wildman–Crippen LogP) is 2.27. The highest BCUT2D eigenvalue weighted by molar-refractivity contribution is 7.85. The Balaban J connectivity index is 1.58.